The molecule has 1 fully saturated rings. The van der Waals surface area contributed by atoms with Crippen LogP contribution in [0.2, 0.25) is 0 Å². The predicted octanol–water partition coefficient (Wildman–Crippen LogP) is 2.97. The Morgan fingerprint density at radius 3 is 2.95 bits per heavy atom. The van der Waals surface area contributed by atoms with Gasteiger partial charge in [0.25, 0.3) is 0 Å². The summed E-state index contributed by atoms with van der Waals surface area (Å²) in [4.78, 5) is 10.9. The fourth-order valence-corrected chi connectivity index (χ4v) is 2.23. The Labute approximate surface area is 118 Å². The number of nitrogens with one attached hydrogen (secondary N) is 1. The van der Waals surface area contributed by atoms with E-state index in [1.165, 1.54) is 0 Å². The molecule has 0 bridgehead atoms. The summed E-state index contributed by atoms with van der Waals surface area (Å²) in [6.45, 7) is 5.03. The van der Waals surface area contributed by atoms with E-state index < -0.39 is 4.92 Å². The van der Waals surface area contributed by atoms with Crippen molar-refractivity contribution in [1.82, 2.24) is 0 Å². The zero-order valence-electron chi connectivity index (χ0n) is 11.8. The Hall–Kier alpha value is -1.82. The third-order valence-corrected chi connectivity index (χ3v) is 3.09. The molecular weight excluding hydrogens is 260 g/mol. The number of hydrogen-bond donors (Lipinski definition) is 1. The first-order valence-corrected chi connectivity index (χ1v) is 6.87. The number of anilines is 1. The Balaban J connectivity index is 2.15. The van der Waals surface area contributed by atoms with Gasteiger partial charge in [-0.3, -0.25) is 10.1 Å². The maximum atomic E-state index is 11.3. The van der Waals surface area contributed by atoms with Crippen molar-refractivity contribution >= 4 is 11.4 Å². The lowest BCUT2D eigenvalue weighted by molar-refractivity contribution is -0.385. The molecule has 0 amide bonds. The lowest BCUT2D eigenvalue weighted by Gasteiger charge is -2.15. The van der Waals surface area contributed by atoms with E-state index in [4.69, 9.17) is 9.47 Å². The number of benzene rings is 1. The zero-order chi connectivity index (χ0) is 14.5. The molecule has 20 heavy (non-hydrogen) atoms. The molecule has 0 aliphatic carbocycles. The van der Waals surface area contributed by atoms with E-state index in [9.17, 15) is 10.1 Å². The van der Waals surface area contributed by atoms with Crippen LogP contribution in [0.4, 0.5) is 11.4 Å². The predicted molar refractivity (Wildman–Crippen MR) is 76.3 cm³/mol. The summed E-state index contributed by atoms with van der Waals surface area (Å²) in [7, 11) is 0. The molecule has 1 aromatic carbocycles. The molecule has 0 spiro atoms. The highest BCUT2D eigenvalue weighted by molar-refractivity contribution is 5.68. The third-order valence-electron chi connectivity index (χ3n) is 3.09. The number of nitrogens with zero attached hydrogens (tertiary/aromatic N) is 1. The molecule has 0 radical (unpaired) electrons. The topological polar surface area (TPSA) is 73.6 Å². The van der Waals surface area contributed by atoms with Crippen molar-refractivity contribution in [3.8, 4) is 5.75 Å². The molecule has 1 unspecified atom stereocenters. The van der Waals surface area contributed by atoms with Crippen LogP contribution in [0.15, 0.2) is 18.2 Å². The number of hydrogen-bond acceptors (Lipinski definition) is 5. The molecule has 1 heterocycles. The second kappa shape index (κ2) is 6.56. The van der Waals surface area contributed by atoms with E-state index in [0.717, 1.165) is 19.4 Å². The number of nitro groups is 1. The standard InChI is InChI=1S/C14H20N2O4/c1-10(2)20-13-7-3-6-12(14(13)16(17)18)15-9-11-5-4-8-19-11/h3,6-7,10-11,15H,4-5,8-9H2,1-2H3. The van der Waals surface area contributed by atoms with Gasteiger partial charge in [-0.1, -0.05) is 6.07 Å². The van der Waals surface area contributed by atoms with Crippen LogP contribution in [0.25, 0.3) is 0 Å². The van der Waals surface area contributed by atoms with Crippen molar-refractivity contribution in [2.75, 3.05) is 18.5 Å². The number of nitro benzene ring substituents is 1. The van der Waals surface area contributed by atoms with Gasteiger partial charge in [-0.2, -0.15) is 0 Å². The maximum Gasteiger partial charge on any atom is 0.333 e. The van der Waals surface area contributed by atoms with Crippen molar-refractivity contribution in [2.45, 2.75) is 38.9 Å². The quantitative estimate of drug-likeness (QED) is 0.640. The van der Waals surface area contributed by atoms with E-state index in [1.54, 1.807) is 18.2 Å². The lowest BCUT2D eigenvalue weighted by atomic mass is 10.2. The average molecular weight is 280 g/mol. The van der Waals surface area contributed by atoms with E-state index in [2.05, 4.69) is 5.32 Å². The fourth-order valence-electron chi connectivity index (χ4n) is 2.23. The first kappa shape index (κ1) is 14.6. The minimum atomic E-state index is -0.407. The van der Waals surface area contributed by atoms with Crippen molar-refractivity contribution in [3.05, 3.63) is 28.3 Å². The fraction of sp³-hybridized carbons (Fsp3) is 0.571. The Morgan fingerprint density at radius 2 is 2.35 bits per heavy atom. The normalized spacial score (nSPS) is 18.2. The summed E-state index contributed by atoms with van der Waals surface area (Å²) in [5.41, 5.74) is 0.461. The van der Waals surface area contributed by atoms with Crippen LogP contribution in [-0.4, -0.2) is 30.3 Å². The summed E-state index contributed by atoms with van der Waals surface area (Å²) < 4.78 is 11.0. The van der Waals surface area contributed by atoms with Gasteiger partial charge in [-0.15, -0.1) is 0 Å². The molecule has 1 saturated heterocycles. The van der Waals surface area contributed by atoms with Crippen LogP contribution < -0.4 is 10.1 Å². The van der Waals surface area contributed by atoms with Gasteiger partial charge in [0.15, 0.2) is 5.75 Å². The molecule has 0 aromatic heterocycles. The van der Waals surface area contributed by atoms with E-state index >= 15 is 0 Å². The van der Waals surface area contributed by atoms with Gasteiger partial charge in [-0.25, -0.2) is 0 Å². The van der Waals surface area contributed by atoms with Crippen LogP contribution >= 0.6 is 0 Å². The molecule has 1 N–H and O–H groups in total. The summed E-state index contributed by atoms with van der Waals surface area (Å²) in [5, 5.41) is 14.4. The molecular formula is C14H20N2O4. The Bertz CT molecular complexity index is 470. The monoisotopic (exact) mass is 280 g/mol. The number of para-hydroxylation sites is 1. The average Bonchev–Trinajstić information content (AvgIpc) is 2.88. The molecule has 1 atom stereocenters. The first-order chi connectivity index (χ1) is 9.58. The van der Waals surface area contributed by atoms with Crippen molar-refractivity contribution in [1.29, 1.82) is 0 Å². The van der Waals surface area contributed by atoms with Crippen LogP contribution in [0, 0.1) is 10.1 Å². The minimum absolute atomic E-state index is 0.0146. The van der Waals surface area contributed by atoms with Crippen molar-refractivity contribution in [3.63, 3.8) is 0 Å². The molecule has 0 saturated carbocycles. The van der Waals surface area contributed by atoms with Gasteiger partial charge in [0, 0.05) is 13.2 Å². The van der Waals surface area contributed by atoms with Crippen molar-refractivity contribution < 1.29 is 14.4 Å². The van der Waals surface area contributed by atoms with Crippen LogP contribution in [-0.2, 0) is 4.74 Å². The number of ether oxygens (including phenoxy) is 2. The van der Waals surface area contributed by atoms with E-state index in [0.29, 0.717) is 18.0 Å². The molecule has 6 nitrogen and oxygen atoms in total. The molecule has 6 heteroatoms. The molecule has 1 aromatic rings. The summed E-state index contributed by atoms with van der Waals surface area (Å²) in [6, 6.07) is 5.07. The van der Waals surface area contributed by atoms with Gasteiger partial charge in [-0.05, 0) is 38.8 Å². The minimum Gasteiger partial charge on any atom is -0.484 e. The molecule has 1 aliphatic rings. The van der Waals surface area contributed by atoms with Crippen LogP contribution in [0.1, 0.15) is 26.7 Å². The smallest absolute Gasteiger partial charge is 0.333 e. The second-order valence-corrected chi connectivity index (χ2v) is 5.09. The highest BCUT2D eigenvalue weighted by Gasteiger charge is 2.23. The van der Waals surface area contributed by atoms with Gasteiger partial charge >= 0.3 is 5.69 Å². The van der Waals surface area contributed by atoms with Gasteiger partial charge in [0.1, 0.15) is 5.69 Å². The summed E-state index contributed by atoms with van der Waals surface area (Å²) >= 11 is 0. The summed E-state index contributed by atoms with van der Waals surface area (Å²) in [5.74, 6) is 0.294. The highest BCUT2D eigenvalue weighted by Crippen LogP contribution is 2.35. The van der Waals surface area contributed by atoms with Gasteiger partial charge < -0.3 is 14.8 Å². The SMILES string of the molecule is CC(C)Oc1cccc(NCC2CCCO2)c1[N+](=O)[O-]. The van der Waals surface area contributed by atoms with E-state index in [1.807, 2.05) is 13.8 Å². The van der Waals surface area contributed by atoms with Crippen LogP contribution in [0.3, 0.4) is 0 Å². The van der Waals surface area contributed by atoms with Crippen LogP contribution in [0.5, 0.6) is 5.75 Å². The highest BCUT2D eigenvalue weighted by atomic mass is 16.6. The maximum absolute atomic E-state index is 11.3. The molecule has 110 valence electrons. The second-order valence-electron chi connectivity index (χ2n) is 5.09. The zero-order valence-corrected chi connectivity index (χ0v) is 11.8. The number of rotatable bonds is 6. The first-order valence-electron chi connectivity index (χ1n) is 6.87. The summed E-state index contributed by atoms with van der Waals surface area (Å²) in [6.07, 6.45) is 2.06. The van der Waals surface area contributed by atoms with E-state index in [-0.39, 0.29) is 17.9 Å². The van der Waals surface area contributed by atoms with Gasteiger partial charge in [0.05, 0.1) is 17.1 Å². The van der Waals surface area contributed by atoms with Gasteiger partial charge in [0.2, 0.25) is 0 Å². The molecule has 1 aliphatic heterocycles. The Morgan fingerprint density at radius 1 is 1.55 bits per heavy atom. The van der Waals surface area contributed by atoms with Crippen molar-refractivity contribution in [2.24, 2.45) is 0 Å². The lowest BCUT2D eigenvalue weighted by Crippen LogP contribution is -2.19. The Kier molecular flexibility index (Phi) is 4.79. The third kappa shape index (κ3) is 3.60. The largest absolute Gasteiger partial charge is 0.484 e. The molecule has 2 rings (SSSR count).